The molecule has 10 nitrogen and oxygen atoms in total. The zero-order valence-electron chi connectivity index (χ0n) is 19.7. The van der Waals surface area contributed by atoms with Crippen molar-refractivity contribution < 1.29 is 24.0 Å². The van der Waals surface area contributed by atoms with Gasteiger partial charge in [-0.15, -0.1) is 10.2 Å². The molecule has 3 amide bonds. The molecule has 0 unspecified atom stereocenters. The first-order chi connectivity index (χ1) is 15.0. The maximum Gasteiger partial charge on any atom is 0.410 e. The Kier molecular flexibility index (Phi) is 5.85. The number of amides is 3. The van der Waals surface area contributed by atoms with Crippen LogP contribution in [0.5, 0.6) is 0 Å². The van der Waals surface area contributed by atoms with Gasteiger partial charge in [-0.05, 0) is 58.3 Å². The number of urea groups is 1. The van der Waals surface area contributed by atoms with Crippen LogP contribution in [-0.4, -0.2) is 74.2 Å². The summed E-state index contributed by atoms with van der Waals surface area (Å²) in [5, 5.41) is 19.6. The third kappa shape index (κ3) is 4.42. The second-order valence-corrected chi connectivity index (χ2v) is 10.7. The summed E-state index contributed by atoms with van der Waals surface area (Å²) in [6, 6.07) is -0.758. The summed E-state index contributed by atoms with van der Waals surface area (Å²) in [4.78, 5) is 27.7. The van der Waals surface area contributed by atoms with Crippen LogP contribution in [0, 0.1) is 5.41 Å². The molecule has 1 aromatic heterocycles. The maximum absolute atomic E-state index is 12.5. The van der Waals surface area contributed by atoms with E-state index >= 15 is 0 Å². The number of aromatic nitrogens is 2. The second kappa shape index (κ2) is 8.20. The Balaban J connectivity index is 1.28. The lowest BCUT2D eigenvalue weighted by Gasteiger charge is -2.34. The number of carbonyl (C=O) groups excluding carboxylic acids is 2. The number of carbonyl (C=O) groups is 2. The highest BCUT2D eigenvalue weighted by atomic mass is 16.6. The van der Waals surface area contributed by atoms with Crippen molar-refractivity contribution in [1.82, 2.24) is 25.1 Å². The summed E-state index contributed by atoms with van der Waals surface area (Å²) in [5.41, 5.74) is -0.508. The molecular formula is C22H35N5O5. The van der Waals surface area contributed by atoms with E-state index in [1.165, 1.54) is 0 Å². The fraction of sp³-hybridized carbons (Fsp3) is 0.818. The first-order valence-corrected chi connectivity index (χ1v) is 11.6. The van der Waals surface area contributed by atoms with E-state index in [0.717, 1.165) is 43.6 Å². The van der Waals surface area contributed by atoms with E-state index in [1.807, 2.05) is 27.7 Å². The predicted molar refractivity (Wildman–Crippen MR) is 114 cm³/mol. The van der Waals surface area contributed by atoms with Crippen molar-refractivity contribution in [2.45, 2.75) is 89.8 Å². The third-order valence-electron chi connectivity index (χ3n) is 6.93. The molecule has 3 atom stereocenters. The smallest absolute Gasteiger partial charge is 0.410 e. The molecule has 3 aliphatic rings. The molecular weight excluding hydrogens is 414 g/mol. The molecule has 3 heterocycles. The molecule has 2 saturated heterocycles. The molecule has 2 bridgehead atoms. The molecule has 32 heavy (non-hydrogen) atoms. The molecule has 1 saturated carbocycles. The SMILES string of the molecule is C[C@@H](CCCCN(C)C(=O)OC(C)(C)C)c1nnc([C@@H]2CC3(CC3)[C@@H]3CN2C(=O)N3O)o1. The van der Waals surface area contributed by atoms with Gasteiger partial charge < -0.3 is 19.0 Å². The summed E-state index contributed by atoms with van der Waals surface area (Å²) in [7, 11) is 1.75. The summed E-state index contributed by atoms with van der Waals surface area (Å²) in [6.45, 7) is 8.75. The van der Waals surface area contributed by atoms with E-state index in [0.29, 0.717) is 24.9 Å². The topological polar surface area (TPSA) is 112 Å². The van der Waals surface area contributed by atoms with Gasteiger partial charge in [-0.3, -0.25) is 5.21 Å². The molecule has 1 N–H and O–H groups in total. The number of piperidine rings is 1. The number of hydrogen-bond acceptors (Lipinski definition) is 7. The van der Waals surface area contributed by atoms with Gasteiger partial charge in [0.1, 0.15) is 11.6 Å². The van der Waals surface area contributed by atoms with Crippen LogP contribution < -0.4 is 0 Å². The highest BCUT2D eigenvalue weighted by Crippen LogP contribution is 2.61. The summed E-state index contributed by atoms with van der Waals surface area (Å²) in [5.74, 6) is 1.11. The quantitative estimate of drug-likeness (QED) is 0.496. The number of ether oxygens (including phenoxy) is 1. The van der Waals surface area contributed by atoms with Gasteiger partial charge in [0.05, 0.1) is 6.04 Å². The average molecular weight is 450 g/mol. The van der Waals surface area contributed by atoms with Crippen molar-refractivity contribution in [3.8, 4) is 0 Å². The minimum Gasteiger partial charge on any atom is -0.444 e. The van der Waals surface area contributed by atoms with Gasteiger partial charge in [0.25, 0.3) is 0 Å². The van der Waals surface area contributed by atoms with Crippen LogP contribution in [0.25, 0.3) is 0 Å². The van der Waals surface area contributed by atoms with Gasteiger partial charge in [0.15, 0.2) is 0 Å². The lowest BCUT2D eigenvalue weighted by Crippen LogP contribution is -2.41. The third-order valence-corrected chi connectivity index (χ3v) is 6.93. The minimum absolute atomic E-state index is 0.0114. The maximum atomic E-state index is 12.5. The van der Waals surface area contributed by atoms with Gasteiger partial charge >= 0.3 is 12.1 Å². The molecule has 1 aliphatic carbocycles. The van der Waals surface area contributed by atoms with Crippen LogP contribution in [-0.2, 0) is 4.74 Å². The summed E-state index contributed by atoms with van der Waals surface area (Å²) < 4.78 is 11.4. The lowest BCUT2D eigenvalue weighted by atomic mass is 9.85. The second-order valence-electron chi connectivity index (χ2n) is 10.7. The zero-order valence-corrected chi connectivity index (χ0v) is 19.7. The Hall–Kier alpha value is -2.36. The van der Waals surface area contributed by atoms with Crippen molar-refractivity contribution >= 4 is 12.1 Å². The number of fused-ring (bicyclic) bond motifs is 3. The number of hydrogen-bond donors (Lipinski definition) is 1. The molecule has 1 spiro atoms. The van der Waals surface area contributed by atoms with E-state index in [-0.39, 0.29) is 35.5 Å². The van der Waals surface area contributed by atoms with Crippen LogP contribution in [0.3, 0.4) is 0 Å². The Morgan fingerprint density at radius 2 is 2.06 bits per heavy atom. The normalized spacial score (nSPS) is 24.8. The minimum atomic E-state index is -0.497. The number of hydroxylamine groups is 2. The zero-order chi connectivity index (χ0) is 23.3. The van der Waals surface area contributed by atoms with E-state index in [1.54, 1.807) is 16.8 Å². The monoisotopic (exact) mass is 449 g/mol. The van der Waals surface area contributed by atoms with Crippen LogP contribution in [0.15, 0.2) is 4.42 Å². The van der Waals surface area contributed by atoms with Crippen molar-refractivity contribution in [3.05, 3.63) is 11.8 Å². The summed E-state index contributed by atoms with van der Waals surface area (Å²) >= 11 is 0. The fourth-order valence-corrected chi connectivity index (χ4v) is 4.80. The van der Waals surface area contributed by atoms with Crippen LogP contribution in [0.1, 0.15) is 90.0 Å². The van der Waals surface area contributed by atoms with Gasteiger partial charge in [0, 0.05) is 26.1 Å². The lowest BCUT2D eigenvalue weighted by molar-refractivity contribution is -0.0783. The van der Waals surface area contributed by atoms with Gasteiger partial charge in [0.2, 0.25) is 11.8 Å². The van der Waals surface area contributed by atoms with Crippen LogP contribution >= 0.6 is 0 Å². The number of unbranched alkanes of at least 4 members (excludes halogenated alkanes) is 1. The first-order valence-electron chi connectivity index (χ1n) is 11.6. The number of nitrogens with zero attached hydrogens (tertiary/aromatic N) is 5. The highest BCUT2D eigenvalue weighted by Gasteiger charge is 2.63. The van der Waals surface area contributed by atoms with E-state index in [2.05, 4.69) is 10.2 Å². The van der Waals surface area contributed by atoms with E-state index in [4.69, 9.17) is 9.15 Å². The molecule has 4 rings (SSSR count). The molecule has 178 valence electrons. The van der Waals surface area contributed by atoms with Gasteiger partial charge in [-0.25, -0.2) is 14.7 Å². The Bertz CT molecular complexity index is 861. The van der Waals surface area contributed by atoms with Crippen molar-refractivity contribution in [2.24, 2.45) is 5.41 Å². The van der Waals surface area contributed by atoms with Crippen LogP contribution in [0.4, 0.5) is 9.59 Å². The molecule has 0 aromatic carbocycles. The number of rotatable bonds is 7. The molecule has 10 heteroatoms. The average Bonchev–Trinajstić information content (AvgIpc) is 3.20. The van der Waals surface area contributed by atoms with Crippen molar-refractivity contribution in [3.63, 3.8) is 0 Å². The molecule has 0 radical (unpaired) electrons. The predicted octanol–water partition coefficient (Wildman–Crippen LogP) is 3.93. The summed E-state index contributed by atoms with van der Waals surface area (Å²) in [6.07, 6.45) is 5.09. The van der Waals surface area contributed by atoms with Crippen LogP contribution in [0.2, 0.25) is 0 Å². The van der Waals surface area contributed by atoms with E-state index in [9.17, 15) is 14.8 Å². The molecule has 1 aromatic rings. The highest BCUT2D eigenvalue weighted by molar-refractivity contribution is 5.77. The Morgan fingerprint density at radius 1 is 1.34 bits per heavy atom. The Labute approximate surface area is 188 Å². The standard InChI is InChI=1S/C22H35N5O5/c1-14(8-6-7-11-25(5)20(29)32-21(2,3)4)17-23-24-18(31-17)15-12-22(9-10-22)16-13-26(15)19(28)27(16)30/h14-16,30H,6-13H2,1-5H3/t14-,15-,16-/m0/s1. The molecule has 3 fully saturated rings. The van der Waals surface area contributed by atoms with Gasteiger partial charge in [-0.1, -0.05) is 13.3 Å². The fourth-order valence-electron chi connectivity index (χ4n) is 4.80. The van der Waals surface area contributed by atoms with E-state index < -0.39 is 5.60 Å². The molecule has 2 aliphatic heterocycles. The van der Waals surface area contributed by atoms with Crippen molar-refractivity contribution in [1.29, 1.82) is 0 Å². The Morgan fingerprint density at radius 3 is 2.72 bits per heavy atom. The first kappa shape index (κ1) is 22.8. The largest absolute Gasteiger partial charge is 0.444 e. The van der Waals surface area contributed by atoms with Crippen molar-refractivity contribution in [2.75, 3.05) is 20.1 Å². The van der Waals surface area contributed by atoms with Gasteiger partial charge in [-0.2, -0.15) is 0 Å².